The highest BCUT2D eigenvalue weighted by atomic mass is 15.3. The third kappa shape index (κ3) is 2.07. The lowest BCUT2D eigenvalue weighted by atomic mass is 10.0. The van der Waals surface area contributed by atoms with Gasteiger partial charge >= 0.3 is 0 Å². The van der Waals surface area contributed by atoms with Gasteiger partial charge in [0.05, 0.1) is 0 Å². The molecule has 0 bridgehead atoms. The maximum absolute atomic E-state index is 2.73. The van der Waals surface area contributed by atoms with Gasteiger partial charge in [-0.25, -0.2) is 0 Å². The molecule has 1 heterocycles. The van der Waals surface area contributed by atoms with Crippen molar-refractivity contribution in [2.24, 2.45) is 0 Å². The summed E-state index contributed by atoms with van der Waals surface area (Å²) < 4.78 is 0. The van der Waals surface area contributed by atoms with E-state index in [-0.39, 0.29) is 0 Å². The number of hydrogen-bond acceptors (Lipinski definition) is 2. The van der Waals surface area contributed by atoms with Crippen molar-refractivity contribution in [3.05, 3.63) is 0 Å². The predicted molar refractivity (Wildman–Crippen MR) is 65.1 cm³/mol. The van der Waals surface area contributed by atoms with Crippen LogP contribution in [-0.4, -0.2) is 47.1 Å². The number of piperazine rings is 1. The van der Waals surface area contributed by atoms with Crippen molar-refractivity contribution in [2.45, 2.75) is 71.1 Å². The van der Waals surface area contributed by atoms with Crippen LogP contribution in [0.4, 0.5) is 0 Å². The lowest BCUT2D eigenvalue weighted by Crippen LogP contribution is -2.60. The zero-order valence-corrected chi connectivity index (χ0v) is 10.7. The number of nitrogens with zero attached hydrogens (tertiary/aromatic N) is 2. The molecule has 88 valence electrons. The highest BCUT2D eigenvalue weighted by Gasteiger charge is 2.40. The van der Waals surface area contributed by atoms with Crippen molar-refractivity contribution >= 4 is 0 Å². The predicted octanol–water partition coefficient (Wildman–Crippen LogP) is 2.34. The van der Waals surface area contributed by atoms with Gasteiger partial charge in [-0.1, -0.05) is 6.42 Å². The van der Waals surface area contributed by atoms with Gasteiger partial charge in [-0.2, -0.15) is 0 Å². The molecule has 2 aliphatic rings. The summed E-state index contributed by atoms with van der Waals surface area (Å²) in [7, 11) is 0. The first kappa shape index (κ1) is 11.4. The summed E-state index contributed by atoms with van der Waals surface area (Å²) >= 11 is 0. The van der Waals surface area contributed by atoms with E-state index in [0.29, 0.717) is 0 Å². The summed E-state index contributed by atoms with van der Waals surface area (Å²) in [5.74, 6) is 0. The molecule has 0 N–H and O–H groups in total. The van der Waals surface area contributed by atoms with Crippen LogP contribution in [0.1, 0.15) is 47.0 Å². The maximum atomic E-state index is 2.73. The van der Waals surface area contributed by atoms with E-state index >= 15 is 0 Å². The highest BCUT2D eigenvalue weighted by molar-refractivity contribution is 4.97. The van der Waals surface area contributed by atoms with Gasteiger partial charge in [-0.05, 0) is 40.5 Å². The Hall–Kier alpha value is -0.0800. The van der Waals surface area contributed by atoms with Crippen LogP contribution in [0.25, 0.3) is 0 Å². The Labute approximate surface area is 94.6 Å². The summed E-state index contributed by atoms with van der Waals surface area (Å²) in [6, 6.07) is 3.15. The molecule has 2 nitrogen and oxygen atoms in total. The van der Waals surface area contributed by atoms with E-state index in [1.807, 2.05) is 0 Å². The molecule has 1 saturated carbocycles. The first-order chi connectivity index (χ1) is 7.11. The zero-order chi connectivity index (χ0) is 11.0. The standard InChI is InChI=1S/C13H26N2/c1-10(2)14-8-9-15(11(3)4)13-7-5-6-12(13)14/h10-13H,5-9H2,1-4H3. The molecular formula is C13H26N2. The molecule has 2 heteroatoms. The van der Waals surface area contributed by atoms with Gasteiger partial charge in [0.2, 0.25) is 0 Å². The van der Waals surface area contributed by atoms with Gasteiger partial charge in [0, 0.05) is 37.3 Å². The molecule has 0 aromatic rings. The summed E-state index contributed by atoms with van der Waals surface area (Å²) in [5, 5.41) is 0. The van der Waals surface area contributed by atoms with Crippen molar-refractivity contribution in [1.82, 2.24) is 9.80 Å². The molecule has 0 spiro atoms. The molecule has 1 aliphatic carbocycles. The molecular weight excluding hydrogens is 184 g/mol. The summed E-state index contributed by atoms with van der Waals surface area (Å²) in [6.07, 6.45) is 4.28. The minimum atomic E-state index is 0.727. The Bertz CT molecular complexity index is 191. The first-order valence-electron chi connectivity index (χ1n) is 6.62. The average molecular weight is 210 g/mol. The smallest absolute Gasteiger partial charge is 0.0254 e. The van der Waals surface area contributed by atoms with Gasteiger partial charge in [0.1, 0.15) is 0 Å². The Balaban J connectivity index is 2.09. The Morgan fingerprint density at radius 3 is 1.53 bits per heavy atom. The van der Waals surface area contributed by atoms with Gasteiger partial charge in [-0.3, -0.25) is 9.80 Å². The molecule has 15 heavy (non-hydrogen) atoms. The molecule has 0 amide bonds. The maximum Gasteiger partial charge on any atom is 0.0254 e. The van der Waals surface area contributed by atoms with Gasteiger partial charge in [-0.15, -0.1) is 0 Å². The van der Waals surface area contributed by atoms with Crippen LogP contribution in [-0.2, 0) is 0 Å². The van der Waals surface area contributed by atoms with Crippen molar-refractivity contribution in [3.8, 4) is 0 Å². The van der Waals surface area contributed by atoms with Gasteiger partial charge in [0.15, 0.2) is 0 Å². The van der Waals surface area contributed by atoms with Crippen LogP contribution in [0.5, 0.6) is 0 Å². The van der Waals surface area contributed by atoms with Crippen LogP contribution in [0.2, 0.25) is 0 Å². The van der Waals surface area contributed by atoms with Crippen molar-refractivity contribution in [3.63, 3.8) is 0 Å². The molecule has 1 saturated heterocycles. The van der Waals surface area contributed by atoms with Gasteiger partial charge < -0.3 is 0 Å². The van der Waals surface area contributed by atoms with E-state index in [4.69, 9.17) is 0 Å². The number of fused-ring (bicyclic) bond motifs is 1. The van der Waals surface area contributed by atoms with E-state index in [1.165, 1.54) is 32.4 Å². The van der Waals surface area contributed by atoms with E-state index in [9.17, 15) is 0 Å². The van der Waals surface area contributed by atoms with E-state index in [1.54, 1.807) is 0 Å². The molecule has 2 atom stereocenters. The largest absolute Gasteiger partial charge is 0.295 e. The van der Waals surface area contributed by atoms with Crippen LogP contribution < -0.4 is 0 Å². The molecule has 0 aromatic heterocycles. The molecule has 0 aromatic carbocycles. The van der Waals surface area contributed by atoms with Gasteiger partial charge in [0.25, 0.3) is 0 Å². The third-order valence-electron chi connectivity index (χ3n) is 4.24. The topological polar surface area (TPSA) is 6.48 Å². The van der Waals surface area contributed by atoms with Crippen LogP contribution in [0, 0.1) is 0 Å². The zero-order valence-electron chi connectivity index (χ0n) is 10.7. The van der Waals surface area contributed by atoms with Crippen LogP contribution in [0.15, 0.2) is 0 Å². The fourth-order valence-corrected chi connectivity index (χ4v) is 3.54. The SMILES string of the molecule is CC(C)N1CCN(C(C)C)C2CCCC21. The normalized spacial score (nSPS) is 34.0. The average Bonchev–Trinajstić information content (AvgIpc) is 2.63. The fraction of sp³-hybridized carbons (Fsp3) is 1.00. The molecule has 2 fully saturated rings. The van der Waals surface area contributed by atoms with E-state index < -0.39 is 0 Å². The first-order valence-corrected chi connectivity index (χ1v) is 6.62. The van der Waals surface area contributed by atoms with Crippen LogP contribution in [0.3, 0.4) is 0 Å². The number of rotatable bonds is 2. The van der Waals surface area contributed by atoms with E-state index in [2.05, 4.69) is 37.5 Å². The second kappa shape index (κ2) is 4.42. The lowest BCUT2D eigenvalue weighted by Gasteiger charge is -2.48. The summed E-state index contributed by atoms with van der Waals surface area (Å²) in [5.41, 5.74) is 0. The number of hydrogen-bond donors (Lipinski definition) is 0. The lowest BCUT2D eigenvalue weighted by molar-refractivity contribution is 0.00129. The van der Waals surface area contributed by atoms with Crippen molar-refractivity contribution in [2.75, 3.05) is 13.1 Å². The molecule has 0 radical (unpaired) electrons. The molecule has 2 unspecified atom stereocenters. The highest BCUT2D eigenvalue weighted by Crippen LogP contribution is 2.33. The molecule has 1 aliphatic heterocycles. The summed E-state index contributed by atoms with van der Waals surface area (Å²) in [4.78, 5) is 5.47. The third-order valence-corrected chi connectivity index (χ3v) is 4.24. The second-order valence-electron chi connectivity index (χ2n) is 5.73. The second-order valence-corrected chi connectivity index (χ2v) is 5.73. The Kier molecular flexibility index (Phi) is 3.36. The fourth-order valence-electron chi connectivity index (χ4n) is 3.54. The monoisotopic (exact) mass is 210 g/mol. The van der Waals surface area contributed by atoms with Crippen molar-refractivity contribution < 1.29 is 0 Å². The Morgan fingerprint density at radius 1 is 0.800 bits per heavy atom. The van der Waals surface area contributed by atoms with E-state index in [0.717, 1.165) is 24.2 Å². The quantitative estimate of drug-likeness (QED) is 0.690. The van der Waals surface area contributed by atoms with Crippen LogP contribution >= 0.6 is 0 Å². The summed E-state index contributed by atoms with van der Waals surface area (Å²) in [6.45, 7) is 11.9. The molecule has 2 rings (SSSR count). The van der Waals surface area contributed by atoms with Crippen molar-refractivity contribution in [1.29, 1.82) is 0 Å². The minimum Gasteiger partial charge on any atom is -0.295 e. The minimum absolute atomic E-state index is 0.727. The Morgan fingerprint density at radius 2 is 1.20 bits per heavy atom.